The average molecular weight is 235 g/mol. The molecule has 0 saturated heterocycles. The van der Waals surface area contributed by atoms with E-state index in [2.05, 4.69) is 13.8 Å². The standard InChI is InChI=1S/C14H21NO2/c1-10(2)9-11-3-5-12(6-4-11)13(16)7-8-14(15)17/h3-6,10,13,16H,7-9H2,1-2H3,(H2,15,17). The number of aliphatic hydroxyl groups is 1. The van der Waals surface area contributed by atoms with Crippen molar-refractivity contribution in [2.24, 2.45) is 11.7 Å². The van der Waals surface area contributed by atoms with E-state index in [0.29, 0.717) is 12.3 Å². The summed E-state index contributed by atoms with van der Waals surface area (Å²) in [4.78, 5) is 10.6. The third-order valence-corrected chi connectivity index (χ3v) is 2.67. The van der Waals surface area contributed by atoms with Crippen LogP contribution in [0.1, 0.15) is 43.9 Å². The van der Waals surface area contributed by atoms with Crippen molar-refractivity contribution in [3.8, 4) is 0 Å². The van der Waals surface area contributed by atoms with Crippen LogP contribution in [0, 0.1) is 5.92 Å². The maximum Gasteiger partial charge on any atom is 0.217 e. The Hall–Kier alpha value is -1.35. The monoisotopic (exact) mass is 235 g/mol. The highest BCUT2D eigenvalue weighted by molar-refractivity contribution is 5.73. The van der Waals surface area contributed by atoms with Gasteiger partial charge >= 0.3 is 0 Å². The molecule has 0 spiro atoms. The second kappa shape index (κ2) is 6.40. The number of amides is 1. The first-order valence-electron chi connectivity index (χ1n) is 6.04. The van der Waals surface area contributed by atoms with Crippen LogP contribution in [0.15, 0.2) is 24.3 Å². The average Bonchev–Trinajstić information content (AvgIpc) is 2.26. The van der Waals surface area contributed by atoms with E-state index in [9.17, 15) is 9.90 Å². The van der Waals surface area contributed by atoms with Gasteiger partial charge in [0.1, 0.15) is 0 Å². The first-order chi connectivity index (χ1) is 7.99. The van der Waals surface area contributed by atoms with Crippen LogP contribution < -0.4 is 5.73 Å². The fourth-order valence-corrected chi connectivity index (χ4v) is 1.79. The minimum atomic E-state index is -0.601. The predicted molar refractivity (Wildman–Crippen MR) is 68.4 cm³/mol. The fourth-order valence-electron chi connectivity index (χ4n) is 1.79. The molecule has 0 fully saturated rings. The number of primary amides is 1. The molecule has 0 bridgehead atoms. The van der Waals surface area contributed by atoms with Crippen molar-refractivity contribution in [2.75, 3.05) is 0 Å². The molecular formula is C14H21NO2. The summed E-state index contributed by atoms with van der Waals surface area (Å²) in [5.41, 5.74) is 7.16. The number of rotatable bonds is 6. The predicted octanol–water partition coefficient (Wildman–Crippen LogP) is 2.18. The number of nitrogens with two attached hydrogens (primary N) is 1. The molecule has 0 aromatic heterocycles. The molecule has 1 amide bonds. The summed E-state index contributed by atoms with van der Waals surface area (Å²) in [5.74, 6) is 0.251. The van der Waals surface area contributed by atoms with Gasteiger partial charge in [0.05, 0.1) is 6.10 Å². The van der Waals surface area contributed by atoms with Crippen LogP contribution in [-0.2, 0) is 11.2 Å². The van der Waals surface area contributed by atoms with Crippen molar-refractivity contribution in [1.82, 2.24) is 0 Å². The molecule has 3 nitrogen and oxygen atoms in total. The minimum Gasteiger partial charge on any atom is -0.388 e. The maximum atomic E-state index is 10.6. The van der Waals surface area contributed by atoms with Gasteiger partial charge in [-0.1, -0.05) is 38.1 Å². The highest BCUT2D eigenvalue weighted by Crippen LogP contribution is 2.19. The molecule has 0 aliphatic rings. The number of benzene rings is 1. The highest BCUT2D eigenvalue weighted by atomic mass is 16.3. The first kappa shape index (κ1) is 13.7. The van der Waals surface area contributed by atoms with Gasteiger partial charge in [-0.05, 0) is 29.9 Å². The minimum absolute atomic E-state index is 0.217. The lowest BCUT2D eigenvalue weighted by Gasteiger charge is -2.11. The van der Waals surface area contributed by atoms with Crippen LogP contribution in [-0.4, -0.2) is 11.0 Å². The van der Waals surface area contributed by atoms with Gasteiger partial charge in [-0.15, -0.1) is 0 Å². The van der Waals surface area contributed by atoms with Crippen molar-refractivity contribution in [3.05, 3.63) is 35.4 Å². The van der Waals surface area contributed by atoms with Crippen molar-refractivity contribution in [2.45, 2.75) is 39.2 Å². The highest BCUT2D eigenvalue weighted by Gasteiger charge is 2.09. The molecule has 3 N–H and O–H groups in total. The molecule has 0 heterocycles. The lowest BCUT2D eigenvalue weighted by molar-refractivity contribution is -0.118. The van der Waals surface area contributed by atoms with Gasteiger partial charge in [0.25, 0.3) is 0 Å². The number of hydrogen-bond acceptors (Lipinski definition) is 2. The molecular weight excluding hydrogens is 214 g/mol. The molecule has 17 heavy (non-hydrogen) atoms. The van der Waals surface area contributed by atoms with E-state index in [0.717, 1.165) is 12.0 Å². The van der Waals surface area contributed by atoms with Crippen LogP contribution in [0.4, 0.5) is 0 Å². The second-order valence-corrected chi connectivity index (χ2v) is 4.86. The van der Waals surface area contributed by atoms with E-state index in [1.54, 1.807) is 0 Å². The topological polar surface area (TPSA) is 63.3 Å². The van der Waals surface area contributed by atoms with Gasteiger partial charge in [-0.25, -0.2) is 0 Å². The summed E-state index contributed by atoms with van der Waals surface area (Å²) >= 11 is 0. The van der Waals surface area contributed by atoms with Gasteiger partial charge in [0, 0.05) is 6.42 Å². The molecule has 1 unspecified atom stereocenters. The molecule has 94 valence electrons. The lowest BCUT2D eigenvalue weighted by Crippen LogP contribution is -2.12. The molecule has 3 heteroatoms. The van der Waals surface area contributed by atoms with Gasteiger partial charge in [0.15, 0.2) is 0 Å². The molecule has 1 aromatic carbocycles. The summed E-state index contributed by atoms with van der Waals surface area (Å²) in [6.45, 7) is 4.35. The smallest absolute Gasteiger partial charge is 0.217 e. The summed E-state index contributed by atoms with van der Waals surface area (Å²) in [6.07, 6.45) is 1.04. The number of aliphatic hydroxyl groups excluding tert-OH is 1. The Morgan fingerprint density at radius 3 is 2.35 bits per heavy atom. The normalized spacial score (nSPS) is 12.7. The second-order valence-electron chi connectivity index (χ2n) is 4.86. The Morgan fingerprint density at radius 2 is 1.88 bits per heavy atom. The zero-order chi connectivity index (χ0) is 12.8. The Labute approximate surface area is 103 Å². The van der Waals surface area contributed by atoms with E-state index in [4.69, 9.17) is 5.73 Å². The molecule has 1 aromatic rings. The summed E-state index contributed by atoms with van der Waals surface area (Å²) in [6, 6.07) is 7.90. The third kappa shape index (κ3) is 5.00. The zero-order valence-electron chi connectivity index (χ0n) is 10.5. The molecule has 1 atom stereocenters. The molecule has 0 saturated carbocycles. The summed E-state index contributed by atoms with van der Waals surface area (Å²) < 4.78 is 0. The Morgan fingerprint density at radius 1 is 1.29 bits per heavy atom. The van der Waals surface area contributed by atoms with Crippen LogP contribution in [0.5, 0.6) is 0 Å². The van der Waals surface area contributed by atoms with Crippen LogP contribution in [0.2, 0.25) is 0 Å². The Balaban J connectivity index is 2.57. The van der Waals surface area contributed by atoms with Crippen LogP contribution in [0.25, 0.3) is 0 Å². The number of carbonyl (C=O) groups excluding carboxylic acids is 1. The molecule has 0 aliphatic carbocycles. The third-order valence-electron chi connectivity index (χ3n) is 2.67. The Kier molecular flexibility index (Phi) is 5.16. The quantitative estimate of drug-likeness (QED) is 0.793. The van der Waals surface area contributed by atoms with Crippen LogP contribution in [0.3, 0.4) is 0 Å². The summed E-state index contributed by atoms with van der Waals surface area (Å²) in [5, 5.41) is 9.83. The maximum absolute atomic E-state index is 10.6. The van der Waals surface area contributed by atoms with Gasteiger partial charge in [-0.2, -0.15) is 0 Å². The van der Waals surface area contributed by atoms with Gasteiger partial charge < -0.3 is 10.8 Å². The SMILES string of the molecule is CC(C)Cc1ccc(C(O)CCC(N)=O)cc1. The lowest BCUT2D eigenvalue weighted by atomic mass is 9.99. The first-order valence-corrected chi connectivity index (χ1v) is 6.04. The fraction of sp³-hybridized carbons (Fsp3) is 0.500. The van der Waals surface area contributed by atoms with Crippen molar-refractivity contribution < 1.29 is 9.90 Å². The van der Waals surface area contributed by atoms with Gasteiger partial charge in [-0.3, -0.25) is 4.79 Å². The van der Waals surface area contributed by atoms with Crippen molar-refractivity contribution in [1.29, 1.82) is 0 Å². The van der Waals surface area contributed by atoms with Crippen molar-refractivity contribution in [3.63, 3.8) is 0 Å². The van der Waals surface area contributed by atoms with E-state index in [1.807, 2.05) is 24.3 Å². The van der Waals surface area contributed by atoms with E-state index in [1.165, 1.54) is 5.56 Å². The van der Waals surface area contributed by atoms with Crippen molar-refractivity contribution >= 4 is 5.91 Å². The number of hydrogen-bond donors (Lipinski definition) is 2. The molecule has 0 aliphatic heterocycles. The molecule has 0 radical (unpaired) electrons. The summed E-state index contributed by atoms with van der Waals surface area (Å²) in [7, 11) is 0. The van der Waals surface area contributed by atoms with Gasteiger partial charge in [0.2, 0.25) is 5.91 Å². The van der Waals surface area contributed by atoms with E-state index < -0.39 is 6.10 Å². The number of carbonyl (C=O) groups is 1. The van der Waals surface area contributed by atoms with E-state index in [-0.39, 0.29) is 12.3 Å². The Bertz CT molecular complexity index is 357. The zero-order valence-corrected chi connectivity index (χ0v) is 10.5. The molecule has 1 rings (SSSR count). The van der Waals surface area contributed by atoms with E-state index >= 15 is 0 Å². The largest absolute Gasteiger partial charge is 0.388 e. The van der Waals surface area contributed by atoms with Crippen LogP contribution >= 0.6 is 0 Å².